The van der Waals surface area contributed by atoms with Gasteiger partial charge < -0.3 is 15.4 Å². The van der Waals surface area contributed by atoms with Gasteiger partial charge in [0.05, 0.1) is 24.6 Å². The summed E-state index contributed by atoms with van der Waals surface area (Å²) in [5.41, 5.74) is 8.05. The zero-order valence-corrected chi connectivity index (χ0v) is 8.73. The molecule has 2 N–H and O–H groups in total. The minimum Gasteiger partial charge on any atom is -0.397 e. The molecule has 2 heterocycles. The quantitative estimate of drug-likeness (QED) is 0.702. The van der Waals surface area contributed by atoms with Crippen LogP contribution in [0.1, 0.15) is 0 Å². The van der Waals surface area contributed by atoms with Crippen LogP contribution >= 0.6 is 0 Å². The molecule has 2 fully saturated rings. The zero-order valence-electron chi connectivity index (χ0n) is 8.73. The van der Waals surface area contributed by atoms with E-state index >= 15 is 0 Å². The second kappa shape index (κ2) is 3.42. The van der Waals surface area contributed by atoms with Crippen molar-refractivity contribution in [1.82, 2.24) is 0 Å². The number of hydrogen-bond acceptors (Lipinski definition) is 3. The molecule has 0 aromatic heterocycles. The Morgan fingerprint density at radius 1 is 1.13 bits per heavy atom. The van der Waals surface area contributed by atoms with Gasteiger partial charge in [-0.15, -0.1) is 0 Å². The van der Waals surface area contributed by atoms with Crippen molar-refractivity contribution < 1.29 is 4.74 Å². The molecule has 0 bridgehead atoms. The van der Waals surface area contributed by atoms with Gasteiger partial charge in [0.2, 0.25) is 0 Å². The van der Waals surface area contributed by atoms with Gasteiger partial charge in [-0.05, 0) is 12.1 Å². The fourth-order valence-electron chi connectivity index (χ4n) is 2.66. The maximum absolute atomic E-state index is 5.98. The highest BCUT2D eigenvalue weighted by Crippen LogP contribution is 2.34. The number of nitrogen functional groups attached to an aromatic ring is 1. The largest absolute Gasteiger partial charge is 0.397 e. The number of benzene rings is 1. The summed E-state index contributed by atoms with van der Waals surface area (Å²) in [7, 11) is 0. The van der Waals surface area contributed by atoms with Gasteiger partial charge in [-0.25, -0.2) is 0 Å². The first-order valence-corrected chi connectivity index (χ1v) is 5.52. The molecular weight excluding hydrogens is 188 g/mol. The molecule has 0 amide bonds. The monoisotopic (exact) mass is 204 g/mol. The fourth-order valence-corrected chi connectivity index (χ4v) is 2.66. The van der Waals surface area contributed by atoms with Gasteiger partial charge in [-0.1, -0.05) is 12.1 Å². The number of ether oxygens (including phenoxy) is 1. The van der Waals surface area contributed by atoms with E-state index in [0.717, 1.165) is 32.0 Å². The maximum Gasteiger partial charge on any atom is 0.0600 e. The highest BCUT2D eigenvalue weighted by Gasteiger charge is 2.37. The van der Waals surface area contributed by atoms with Crippen LogP contribution in [0.2, 0.25) is 0 Å². The number of anilines is 2. The first kappa shape index (κ1) is 9.04. The molecular formula is C12H16N2O. The highest BCUT2D eigenvalue weighted by molar-refractivity contribution is 5.67. The minimum absolute atomic E-state index is 0.713. The molecule has 0 aliphatic carbocycles. The smallest absolute Gasteiger partial charge is 0.0600 e. The molecule has 1 aromatic rings. The van der Waals surface area contributed by atoms with Crippen LogP contribution in [0.4, 0.5) is 11.4 Å². The molecule has 80 valence electrons. The van der Waals surface area contributed by atoms with Gasteiger partial charge in [-0.3, -0.25) is 0 Å². The Bertz CT molecular complexity index is 354. The van der Waals surface area contributed by atoms with E-state index in [1.54, 1.807) is 0 Å². The Hall–Kier alpha value is -1.22. The number of hydrogen-bond donors (Lipinski definition) is 1. The van der Waals surface area contributed by atoms with Gasteiger partial charge >= 0.3 is 0 Å². The summed E-state index contributed by atoms with van der Waals surface area (Å²) in [4.78, 5) is 2.40. The molecule has 3 rings (SSSR count). The van der Waals surface area contributed by atoms with E-state index in [1.807, 2.05) is 12.1 Å². The third-order valence-corrected chi connectivity index (χ3v) is 3.52. The van der Waals surface area contributed by atoms with Crippen LogP contribution in [0.5, 0.6) is 0 Å². The van der Waals surface area contributed by atoms with E-state index in [-0.39, 0.29) is 0 Å². The lowest BCUT2D eigenvalue weighted by Gasteiger charge is -2.21. The van der Waals surface area contributed by atoms with Crippen molar-refractivity contribution in [3.63, 3.8) is 0 Å². The molecule has 3 heteroatoms. The predicted molar refractivity (Wildman–Crippen MR) is 60.9 cm³/mol. The van der Waals surface area contributed by atoms with Crippen LogP contribution in [-0.2, 0) is 4.74 Å². The van der Waals surface area contributed by atoms with E-state index < -0.39 is 0 Å². The molecule has 2 aliphatic rings. The lowest BCUT2D eigenvalue weighted by Crippen LogP contribution is -2.23. The van der Waals surface area contributed by atoms with Crippen molar-refractivity contribution in [3.8, 4) is 0 Å². The molecule has 0 spiro atoms. The third-order valence-electron chi connectivity index (χ3n) is 3.52. The Kier molecular flexibility index (Phi) is 2.06. The number of rotatable bonds is 1. The van der Waals surface area contributed by atoms with Gasteiger partial charge in [0, 0.05) is 24.9 Å². The fraction of sp³-hybridized carbons (Fsp3) is 0.500. The first-order chi connectivity index (χ1) is 7.34. The second-order valence-electron chi connectivity index (χ2n) is 4.52. The lowest BCUT2D eigenvalue weighted by molar-refractivity contribution is 0.177. The van der Waals surface area contributed by atoms with E-state index in [0.29, 0.717) is 11.8 Å². The van der Waals surface area contributed by atoms with Crippen molar-refractivity contribution >= 4 is 11.4 Å². The summed E-state index contributed by atoms with van der Waals surface area (Å²) in [6.45, 7) is 4.04. The molecule has 0 saturated carbocycles. The van der Waals surface area contributed by atoms with Crippen LogP contribution in [0, 0.1) is 11.8 Å². The van der Waals surface area contributed by atoms with Crippen LogP contribution in [0.3, 0.4) is 0 Å². The van der Waals surface area contributed by atoms with Crippen LogP contribution in [-0.4, -0.2) is 26.3 Å². The second-order valence-corrected chi connectivity index (χ2v) is 4.52. The van der Waals surface area contributed by atoms with E-state index in [4.69, 9.17) is 10.5 Å². The van der Waals surface area contributed by atoms with E-state index in [2.05, 4.69) is 17.0 Å². The van der Waals surface area contributed by atoms with Crippen molar-refractivity contribution in [3.05, 3.63) is 24.3 Å². The van der Waals surface area contributed by atoms with Crippen molar-refractivity contribution in [2.24, 2.45) is 11.8 Å². The Balaban J connectivity index is 1.82. The molecule has 15 heavy (non-hydrogen) atoms. The van der Waals surface area contributed by atoms with Gasteiger partial charge in [-0.2, -0.15) is 0 Å². The van der Waals surface area contributed by atoms with Crippen molar-refractivity contribution in [2.45, 2.75) is 0 Å². The van der Waals surface area contributed by atoms with E-state index in [9.17, 15) is 0 Å². The minimum atomic E-state index is 0.713. The number of fused-ring (bicyclic) bond motifs is 1. The van der Waals surface area contributed by atoms with E-state index in [1.165, 1.54) is 5.69 Å². The van der Waals surface area contributed by atoms with Crippen LogP contribution < -0.4 is 10.6 Å². The average molecular weight is 204 g/mol. The summed E-state index contributed by atoms with van der Waals surface area (Å²) < 4.78 is 5.47. The molecule has 2 atom stereocenters. The first-order valence-electron chi connectivity index (χ1n) is 5.52. The van der Waals surface area contributed by atoms with Gasteiger partial charge in [0.15, 0.2) is 0 Å². The average Bonchev–Trinajstić information content (AvgIpc) is 2.77. The summed E-state index contributed by atoms with van der Waals surface area (Å²) in [5.74, 6) is 1.43. The number of nitrogens with two attached hydrogens (primary N) is 1. The molecule has 2 unspecified atom stereocenters. The lowest BCUT2D eigenvalue weighted by atomic mass is 10.0. The normalized spacial score (nSPS) is 29.5. The summed E-state index contributed by atoms with van der Waals surface area (Å²) in [6, 6.07) is 8.12. The van der Waals surface area contributed by atoms with Crippen molar-refractivity contribution in [1.29, 1.82) is 0 Å². The standard InChI is InChI=1S/C12H16N2O/c13-11-3-1-2-4-12(11)14-5-9-7-15-8-10(9)6-14/h1-4,9-10H,5-8,13H2. The van der Waals surface area contributed by atoms with Crippen LogP contribution in [0.25, 0.3) is 0 Å². The molecule has 2 saturated heterocycles. The molecule has 1 aromatic carbocycles. The maximum atomic E-state index is 5.98. The summed E-state index contributed by atoms with van der Waals surface area (Å²) in [5, 5.41) is 0. The zero-order chi connectivity index (χ0) is 10.3. The molecule has 0 radical (unpaired) electrons. The Labute approximate surface area is 89.8 Å². The summed E-state index contributed by atoms with van der Waals surface area (Å²) in [6.07, 6.45) is 0. The van der Waals surface area contributed by atoms with Gasteiger partial charge in [0.25, 0.3) is 0 Å². The Morgan fingerprint density at radius 2 is 1.80 bits per heavy atom. The third kappa shape index (κ3) is 1.47. The Morgan fingerprint density at radius 3 is 2.47 bits per heavy atom. The molecule has 3 nitrogen and oxygen atoms in total. The summed E-state index contributed by atoms with van der Waals surface area (Å²) >= 11 is 0. The highest BCUT2D eigenvalue weighted by atomic mass is 16.5. The number of para-hydroxylation sites is 2. The van der Waals surface area contributed by atoms with Crippen molar-refractivity contribution in [2.75, 3.05) is 36.9 Å². The van der Waals surface area contributed by atoms with Gasteiger partial charge in [0.1, 0.15) is 0 Å². The molecule has 2 aliphatic heterocycles. The SMILES string of the molecule is Nc1ccccc1N1CC2COCC2C1. The number of nitrogens with zero attached hydrogens (tertiary/aromatic N) is 1. The van der Waals surface area contributed by atoms with Crippen LogP contribution in [0.15, 0.2) is 24.3 Å². The topological polar surface area (TPSA) is 38.5 Å². The predicted octanol–water partition coefficient (Wildman–Crippen LogP) is 1.35.